The van der Waals surface area contributed by atoms with Crippen molar-refractivity contribution in [1.29, 1.82) is 0 Å². The molecular weight excluding hydrogens is 797 g/mol. The third-order valence-electron chi connectivity index (χ3n) is 8.32. The van der Waals surface area contributed by atoms with Crippen LogP contribution in [-0.4, -0.2) is 18.0 Å². The maximum Gasteiger partial charge on any atom is 0.0795 e. The summed E-state index contributed by atoms with van der Waals surface area (Å²) in [6, 6.07) is 43.1. The van der Waals surface area contributed by atoms with Crippen LogP contribution in [0.5, 0.6) is 0 Å². The van der Waals surface area contributed by atoms with Crippen molar-refractivity contribution in [3.8, 4) is 33.6 Å². The molecule has 0 aliphatic heterocycles. The van der Waals surface area contributed by atoms with Crippen LogP contribution >= 0.6 is 11.3 Å². The van der Waals surface area contributed by atoms with Crippen molar-refractivity contribution in [1.82, 2.24) is 9.97 Å². The van der Waals surface area contributed by atoms with E-state index in [0.717, 1.165) is 28.9 Å². The van der Waals surface area contributed by atoms with Crippen LogP contribution < -0.4 is 5.19 Å². The van der Waals surface area contributed by atoms with Gasteiger partial charge in [0, 0.05) is 37.2 Å². The van der Waals surface area contributed by atoms with Crippen LogP contribution in [0.3, 0.4) is 0 Å². The fraction of sp³-hybridized carbons (Fsp3) is 0.209. The molecule has 0 N–H and O–H groups in total. The molecule has 0 unspecified atom stereocenters. The first-order valence-corrected chi connectivity index (χ1v) is 20.6. The minimum Gasteiger partial charge on any atom is -0.305 e. The Morgan fingerprint density at radius 3 is 2.12 bits per heavy atom. The van der Waals surface area contributed by atoms with Crippen LogP contribution in [0.4, 0.5) is 0 Å². The number of benzene rings is 4. The summed E-state index contributed by atoms with van der Waals surface area (Å²) in [5, 5.41) is 3.96. The van der Waals surface area contributed by atoms with Crippen molar-refractivity contribution >= 4 is 44.8 Å². The minimum absolute atomic E-state index is 0. The number of pyridine rings is 2. The smallest absolute Gasteiger partial charge is 0.0795 e. The summed E-state index contributed by atoms with van der Waals surface area (Å²) in [7, 11) is -1.23. The van der Waals surface area contributed by atoms with Crippen LogP contribution in [0.25, 0.3) is 53.8 Å². The SMILES string of the molecule is C[Si](C)(C)c1ccc(-c2[c-]cccc2)nc1.Cc1cnc(-c2[c-]c3sc4ccc(-c5ccccc5)cc4c3cc2)cc1CC(C)(C)C.[Ir]. The average Bonchev–Trinajstić information content (AvgIpc) is 3.43. The minimum atomic E-state index is -1.23. The van der Waals surface area contributed by atoms with Gasteiger partial charge in [0.15, 0.2) is 0 Å². The van der Waals surface area contributed by atoms with Gasteiger partial charge in [-0.05, 0) is 68.2 Å². The number of aromatic nitrogens is 2. The van der Waals surface area contributed by atoms with E-state index in [1.165, 1.54) is 47.6 Å². The molecule has 5 heteroatoms. The number of aryl methyl sites for hydroxylation is 1. The van der Waals surface area contributed by atoms with E-state index in [4.69, 9.17) is 4.98 Å². The first-order chi connectivity index (χ1) is 22.4. The number of hydrogen-bond donors (Lipinski definition) is 0. The molecule has 1 radical (unpaired) electrons. The Hall–Kier alpha value is -3.73. The zero-order valence-electron chi connectivity index (χ0n) is 28.8. The predicted molar refractivity (Wildman–Crippen MR) is 206 cm³/mol. The molecule has 3 aromatic heterocycles. The fourth-order valence-corrected chi connectivity index (χ4v) is 7.81. The molecule has 0 spiro atoms. The molecule has 0 saturated heterocycles. The van der Waals surface area contributed by atoms with Crippen molar-refractivity contribution in [3.05, 3.63) is 139 Å². The summed E-state index contributed by atoms with van der Waals surface area (Å²) >= 11 is 1.81. The third-order valence-corrected chi connectivity index (χ3v) is 11.5. The van der Waals surface area contributed by atoms with Crippen LogP contribution in [0, 0.1) is 24.5 Å². The van der Waals surface area contributed by atoms with E-state index in [1.807, 2.05) is 48.0 Å². The molecule has 48 heavy (non-hydrogen) atoms. The molecule has 3 heterocycles. The van der Waals surface area contributed by atoms with E-state index in [-0.39, 0.29) is 25.5 Å². The largest absolute Gasteiger partial charge is 0.305 e. The molecule has 0 aliphatic rings. The Kier molecular flexibility index (Phi) is 11.0. The summed E-state index contributed by atoms with van der Waals surface area (Å²) in [5.74, 6) is 0. The molecule has 0 saturated carbocycles. The van der Waals surface area contributed by atoms with E-state index in [9.17, 15) is 0 Å². The van der Waals surface area contributed by atoms with Crippen molar-refractivity contribution in [3.63, 3.8) is 0 Å². The van der Waals surface area contributed by atoms with Gasteiger partial charge in [-0.15, -0.1) is 59.7 Å². The summed E-state index contributed by atoms with van der Waals surface area (Å²) in [5.41, 5.74) is 9.52. The number of fused-ring (bicyclic) bond motifs is 3. The molecular formula is C43H42IrN2SSi-2. The standard InChI is InChI=1S/C29H26NS.C14H16NSi.Ir/c1-19-18-30-26(15-23(19)17-29(2,3)4)22-10-12-24-25-14-21(20-8-6-5-7-9-20)11-13-27(25)31-28(24)16-22;1-16(2,3)13-9-10-14(15-11-13)12-7-5-4-6-8-12;/h5-15,18H,17H2,1-4H3;4-7,9-11H,1-3H3;/q2*-1;. The monoisotopic (exact) mass is 839 g/mol. The van der Waals surface area contributed by atoms with Gasteiger partial charge in [0.25, 0.3) is 0 Å². The van der Waals surface area contributed by atoms with Crippen LogP contribution in [0.15, 0.2) is 116 Å². The van der Waals surface area contributed by atoms with Gasteiger partial charge < -0.3 is 9.97 Å². The molecule has 7 rings (SSSR count). The van der Waals surface area contributed by atoms with Crippen LogP contribution in [0.2, 0.25) is 19.6 Å². The van der Waals surface area contributed by atoms with Gasteiger partial charge >= 0.3 is 0 Å². The maximum absolute atomic E-state index is 4.73. The Labute approximate surface area is 304 Å². The summed E-state index contributed by atoms with van der Waals surface area (Å²) in [6.45, 7) is 16.0. The normalized spacial score (nSPS) is 11.6. The van der Waals surface area contributed by atoms with E-state index >= 15 is 0 Å². The number of rotatable bonds is 5. The van der Waals surface area contributed by atoms with E-state index < -0.39 is 8.07 Å². The average molecular weight is 839 g/mol. The van der Waals surface area contributed by atoms with Gasteiger partial charge in [0.2, 0.25) is 0 Å². The van der Waals surface area contributed by atoms with E-state index in [1.54, 1.807) is 0 Å². The molecule has 2 nitrogen and oxygen atoms in total. The molecule has 0 amide bonds. The molecule has 0 bridgehead atoms. The summed E-state index contributed by atoms with van der Waals surface area (Å²) in [6.07, 6.45) is 5.07. The Morgan fingerprint density at radius 2 is 1.46 bits per heavy atom. The summed E-state index contributed by atoms with van der Waals surface area (Å²) in [4.78, 5) is 9.25. The topological polar surface area (TPSA) is 25.8 Å². The quantitative estimate of drug-likeness (QED) is 0.127. The Bertz CT molecular complexity index is 2130. The van der Waals surface area contributed by atoms with Crippen LogP contribution in [-0.2, 0) is 26.5 Å². The van der Waals surface area contributed by atoms with Crippen LogP contribution in [0.1, 0.15) is 31.9 Å². The zero-order chi connectivity index (χ0) is 33.2. The number of thiophene rings is 1. The Morgan fingerprint density at radius 1 is 0.708 bits per heavy atom. The zero-order valence-corrected chi connectivity index (χ0v) is 33.0. The molecule has 0 atom stereocenters. The molecule has 4 aromatic carbocycles. The summed E-state index contributed by atoms with van der Waals surface area (Å²) < 4.78 is 2.49. The second kappa shape index (κ2) is 14.8. The first kappa shape index (κ1) is 35.6. The van der Waals surface area contributed by atoms with Gasteiger partial charge in [-0.3, -0.25) is 0 Å². The fourth-order valence-electron chi connectivity index (χ4n) is 5.69. The maximum atomic E-state index is 4.73. The Balaban J connectivity index is 0.000000224. The number of nitrogens with zero attached hydrogens (tertiary/aromatic N) is 2. The first-order valence-electron chi connectivity index (χ1n) is 16.3. The van der Waals surface area contributed by atoms with E-state index in [0.29, 0.717) is 0 Å². The molecule has 0 fully saturated rings. The van der Waals surface area contributed by atoms with Gasteiger partial charge in [-0.1, -0.05) is 112 Å². The predicted octanol–water partition coefficient (Wildman–Crippen LogP) is 11.6. The van der Waals surface area contributed by atoms with Gasteiger partial charge in [0.1, 0.15) is 0 Å². The van der Waals surface area contributed by atoms with Crippen molar-refractivity contribution in [2.45, 2.75) is 53.8 Å². The second-order valence-electron chi connectivity index (χ2n) is 14.5. The van der Waals surface area contributed by atoms with Crippen molar-refractivity contribution in [2.75, 3.05) is 0 Å². The van der Waals surface area contributed by atoms with Gasteiger partial charge in [-0.25, -0.2) is 0 Å². The molecule has 245 valence electrons. The molecule has 7 aromatic rings. The third kappa shape index (κ3) is 8.45. The van der Waals surface area contributed by atoms with Crippen molar-refractivity contribution < 1.29 is 20.1 Å². The van der Waals surface area contributed by atoms with Gasteiger partial charge in [-0.2, -0.15) is 11.3 Å². The van der Waals surface area contributed by atoms with Crippen molar-refractivity contribution in [2.24, 2.45) is 5.41 Å². The van der Waals surface area contributed by atoms with E-state index in [2.05, 4.69) is 143 Å². The number of hydrogen-bond acceptors (Lipinski definition) is 3. The second-order valence-corrected chi connectivity index (χ2v) is 20.6. The van der Waals surface area contributed by atoms with Gasteiger partial charge in [0.05, 0.1) is 8.07 Å². The molecule has 0 aliphatic carbocycles.